The molecule has 2 rings (SSSR count). The van der Waals surface area contributed by atoms with Gasteiger partial charge in [0.2, 0.25) is 0 Å². The number of nitrogens with zero attached hydrogens (tertiary/aromatic N) is 1. The van der Waals surface area contributed by atoms with E-state index < -0.39 is 24.1 Å². The number of rotatable bonds is 19. The number of aryl methyl sites for hydroxylation is 1. The van der Waals surface area contributed by atoms with Crippen LogP contribution in [0.5, 0.6) is 5.75 Å². The predicted molar refractivity (Wildman–Crippen MR) is 150 cm³/mol. The number of aromatic hydroxyl groups is 1. The molecule has 7 N–H and O–H groups in total. The van der Waals surface area contributed by atoms with Gasteiger partial charge in [0.25, 0.3) is 0 Å². The Balaban J connectivity index is 1.51. The zero-order valence-corrected chi connectivity index (χ0v) is 22.7. The molecule has 0 aliphatic heterocycles. The first kappa shape index (κ1) is 32.0. The van der Waals surface area contributed by atoms with E-state index in [0.29, 0.717) is 30.0 Å². The van der Waals surface area contributed by atoms with Gasteiger partial charge in [0.05, 0.1) is 12.7 Å². The van der Waals surface area contributed by atoms with Crippen LogP contribution in [0.1, 0.15) is 68.2 Å². The molecule has 2 atom stereocenters. The minimum atomic E-state index is -1.12. The van der Waals surface area contributed by atoms with Crippen LogP contribution in [0, 0.1) is 0 Å². The summed E-state index contributed by atoms with van der Waals surface area (Å²) in [4.78, 5) is 24.2. The molecule has 0 unspecified atom stereocenters. The molecule has 0 saturated heterocycles. The second kappa shape index (κ2) is 17.4. The zero-order chi connectivity index (χ0) is 28.6. The topological polar surface area (TPSA) is 166 Å². The van der Waals surface area contributed by atoms with Crippen LogP contribution in [0.15, 0.2) is 42.5 Å². The SMILES string of the molecule is C[C@@H](C(=O)O)N(C(N)=O)c1cccc(CCCCOCCCCCCNC[C@H](O)c2ccc(O)c(CO)c2)c1. The van der Waals surface area contributed by atoms with Crippen LogP contribution in [0.3, 0.4) is 0 Å². The van der Waals surface area contributed by atoms with Gasteiger partial charge in [0.1, 0.15) is 11.8 Å². The molecular formula is C29H43N3O7. The van der Waals surface area contributed by atoms with Crippen molar-refractivity contribution in [2.45, 2.75) is 70.6 Å². The molecule has 0 aliphatic rings. The van der Waals surface area contributed by atoms with E-state index in [9.17, 15) is 30.0 Å². The van der Waals surface area contributed by atoms with Crippen LogP contribution in [0.4, 0.5) is 10.5 Å². The lowest BCUT2D eigenvalue weighted by Gasteiger charge is -2.25. The molecule has 0 saturated carbocycles. The quantitative estimate of drug-likeness (QED) is 0.146. The Morgan fingerprint density at radius 1 is 1.03 bits per heavy atom. The number of aliphatic hydroxyl groups is 2. The van der Waals surface area contributed by atoms with Crippen molar-refractivity contribution >= 4 is 17.7 Å². The smallest absolute Gasteiger partial charge is 0.326 e. The molecule has 0 spiro atoms. The number of carboxylic acids is 1. The van der Waals surface area contributed by atoms with E-state index in [-0.39, 0.29) is 12.4 Å². The molecule has 10 heteroatoms. The third-order valence-electron chi connectivity index (χ3n) is 6.56. The largest absolute Gasteiger partial charge is 0.508 e. The van der Waals surface area contributed by atoms with Gasteiger partial charge in [0.15, 0.2) is 0 Å². The Morgan fingerprint density at radius 2 is 1.74 bits per heavy atom. The van der Waals surface area contributed by atoms with Crippen LogP contribution in [-0.4, -0.2) is 64.8 Å². The Morgan fingerprint density at radius 3 is 2.44 bits per heavy atom. The summed E-state index contributed by atoms with van der Waals surface area (Å²) in [6.07, 6.45) is 6.05. The summed E-state index contributed by atoms with van der Waals surface area (Å²) in [5, 5.41) is 41.6. The Hall–Kier alpha value is -3.18. The van der Waals surface area contributed by atoms with Crippen molar-refractivity contribution in [2.75, 3.05) is 31.2 Å². The van der Waals surface area contributed by atoms with Gasteiger partial charge in [-0.25, -0.2) is 9.59 Å². The maximum Gasteiger partial charge on any atom is 0.326 e. The molecule has 39 heavy (non-hydrogen) atoms. The van der Waals surface area contributed by atoms with Gasteiger partial charge < -0.3 is 36.2 Å². The van der Waals surface area contributed by atoms with E-state index in [0.717, 1.165) is 68.6 Å². The second-order valence-electron chi connectivity index (χ2n) is 9.64. The van der Waals surface area contributed by atoms with E-state index in [1.807, 2.05) is 6.07 Å². The summed E-state index contributed by atoms with van der Waals surface area (Å²) in [6.45, 7) is 3.77. The van der Waals surface area contributed by atoms with Gasteiger partial charge >= 0.3 is 12.0 Å². The number of phenols is 1. The summed E-state index contributed by atoms with van der Waals surface area (Å²) in [5.41, 5.74) is 7.96. The first-order valence-electron chi connectivity index (χ1n) is 13.5. The highest BCUT2D eigenvalue weighted by molar-refractivity contribution is 5.97. The number of nitrogens with one attached hydrogen (secondary N) is 1. The van der Waals surface area contributed by atoms with Gasteiger partial charge in [-0.05, 0) is 81.0 Å². The van der Waals surface area contributed by atoms with Crippen LogP contribution in [-0.2, 0) is 22.6 Å². The fraction of sp³-hybridized carbons (Fsp3) is 0.517. The molecule has 10 nitrogen and oxygen atoms in total. The number of nitrogens with two attached hydrogens (primary N) is 1. The Kier molecular flexibility index (Phi) is 14.3. The molecule has 0 aromatic heterocycles. The van der Waals surface area contributed by atoms with E-state index in [1.54, 1.807) is 30.3 Å². The summed E-state index contributed by atoms with van der Waals surface area (Å²) in [5.74, 6) is -1.09. The molecule has 2 aromatic rings. The van der Waals surface area contributed by atoms with Gasteiger partial charge in [-0.15, -0.1) is 0 Å². The molecule has 0 fully saturated rings. The van der Waals surface area contributed by atoms with Crippen LogP contribution < -0.4 is 16.0 Å². The van der Waals surface area contributed by atoms with Crippen molar-refractivity contribution in [3.05, 3.63) is 59.2 Å². The first-order valence-corrected chi connectivity index (χ1v) is 13.5. The number of aliphatic carboxylic acids is 1. The lowest BCUT2D eigenvalue weighted by molar-refractivity contribution is -0.138. The number of unbranched alkanes of at least 4 members (excludes halogenated alkanes) is 4. The van der Waals surface area contributed by atoms with Gasteiger partial charge in [-0.2, -0.15) is 0 Å². The molecule has 0 radical (unpaired) electrons. The number of hydrogen-bond acceptors (Lipinski definition) is 7. The molecule has 2 aromatic carbocycles. The molecular weight excluding hydrogens is 502 g/mol. The number of carboxylic acid groups (broad SMARTS) is 1. The fourth-order valence-corrected chi connectivity index (χ4v) is 4.25. The molecule has 216 valence electrons. The van der Waals surface area contributed by atoms with Crippen molar-refractivity contribution in [1.29, 1.82) is 0 Å². The number of hydrogen-bond donors (Lipinski definition) is 6. The molecule has 0 heterocycles. The minimum absolute atomic E-state index is 0.0247. The average Bonchev–Trinajstić information content (AvgIpc) is 2.91. The Bertz CT molecular complexity index is 1030. The average molecular weight is 546 g/mol. The number of urea groups is 1. The van der Waals surface area contributed by atoms with Crippen LogP contribution in [0.25, 0.3) is 0 Å². The highest BCUT2D eigenvalue weighted by atomic mass is 16.5. The summed E-state index contributed by atoms with van der Waals surface area (Å²) in [7, 11) is 0. The van der Waals surface area contributed by atoms with E-state index in [1.165, 1.54) is 13.0 Å². The van der Waals surface area contributed by atoms with Crippen LogP contribution >= 0.6 is 0 Å². The molecule has 0 aliphatic carbocycles. The first-order chi connectivity index (χ1) is 18.7. The number of carbonyl (C=O) groups excluding carboxylic acids is 1. The highest BCUT2D eigenvalue weighted by Crippen LogP contribution is 2.22. The third kappa shape index (κ3) is 11.2. The lowest BCUT2D eigenvalue weighted by Crippen LogP contribution is -2.46. The van der Waals surface area contributed by atoms with Gasteiger partial charge in [-0.1, -0.05) is 31.0 Å². The van der Waals surface area contributed by atoms with Crippen molar-refractivity contribution in [2.24, 2.45) is 5.73 Å². The predicted octanol–water partition coefficient (Wildman–Crippen LogP) is 3.47. The van der Waals surface area contributed by atoms with Crippen molar-refractivity contribution in [1.82, 2.24) is 5.32 Å². The minimum Gasteiger partial charge on any atom is -0.508 e. The standard InChI is InChI=1S/C29H43N3O7/c1-21(28(36)37)32(29(30)38)25-11-8-10-22(17-25)9-4-7-16-39-15-6-3-2-5-14-31-19-27(35)23-12-13-26(34)24(18-23)20-33/h8,10-13,17-18,21,27,31,33-35H,2-7,9,14-16,19-20H2,1H3,(H2,30,38)(H,36,37)/t21-,27-/m0/s1. The number of benzene rings is 2. The second-order valence-corrected chi connectivity index (χ2v) is 9.64. The summed E-state index contributed by atoms with van der Waals surface area (Å²) < 4.78 is 5.74. The van der Waals surface area contributed by atoms with E-state index >= 15 is 0 Å². The van der Waals surface area contributed by atoms with E-state index in [4.69, 9.17) is 10.5 Å². The third-order valence-corrected chi connectivity index (χ3v) is 6.56. The van der Waals surface area contributed by atoms with Crippen molar-refractivity contribution in [3.63, 3.8) is 0 Å². The fourth-order valence-electron chi connectivity index (χ4n) is 4.25. The number of amides is 2. The number of ether oxygens (including phenoxy) is 1. The molecule has 0 bridgehead atoms. The van der Waals surface area contributed by atoms with E-state index in [2.05, 4.69) is 5.32 Å². The zero-order valence-electron chi connectivity index (χ0n) is 22.7. The number of carbonyl (C=O) groups is 2. The normalized spacial score (nSPS) is 12.7. The summed E-state index contributed by atoms with van der Waals surface area (Å²) >= 11 is 0. The Labute approximate surface area is 230 Å². The highest BCUT2D eigenvalue weighted by Gasteiger charge is 2.25. The lowest BCUT2D eigenvalue weighted by atomic mass is 10.1. The van der Waals surface area contributed by atoms with Crippen molar-refractivity contribution < 1.29 is 34.8 Å². The van der Waals surface area contributed by atoms with Crippen LogP contribution in [0.2, 0.25) is 0 Å². The monoisotopic (exact) mass is 545 g/mol. The number of aliphatic hydroxyl groups excluding tert-OH is 2. The maximum absolute atomic E-state index is 11.8. The molecule has 2 amide bonds. The van der Waals surface area contributed by atoms with Gasteiger partial charge in [-0.3, -0.25) is 4.90 Å². The summed E-state index contributed by atoms with van der Waals surface area (Å²) in [6, 6.07) is 10.1. The number of primary amides is 1. The maximum atomic E-state index is 11.8. The van der Waals surface area contributed by atoms with Crippen molar-refractivity contribution in [3.8, 4) is 5.75 Å². The van der Waals surface area contributed by atoms with Gasteiger partial charge in [0, 0.05) is 31.0 Å². The number of anilines is 1.